The maximum absolute atomic E-state index is 9.76. The van der Waals surface area contributed by atoms with Crippen molar-refractivity contribution in [1.82, 2.24) is 5.32 Å². The van der Waals surface area contributed by atoms with Crippen LogP contribution in [0, 0.1) is 0 Å². The molecule has 0 unspecified atom stereocenters. The van der Waals surface area contributed by atoms with Gasteiger partial charge in [0.25, 0.3) is 0 Å². The van der Waals surface area contributed by atoms with Crippen LogP contribution >= 0.6 is 0 Å². The van der Waals surface area contributed by atoms with E-state index in [0.29, 0.717) is 22.5 Å². The van der Waals surface area contributed by atoms with Crippen LogP contribution in [-0.2, 0) is 0 Å². The monoisotopic (exact) mass is 179 g/mol. The third kappa shape index (κ3) is 4.27. The van der Waals surface area contributed by atoms with Gasteiger partial charge in [0, 0.05) is 0 Å². The Morgan fingerprint density at radius 1 is 2.00 bits per heavy atom. The second-order valence-electron chi connectivity index (χ2n) is 0.614. The first-order valence-corrected chi connectivity index (χ1v) is 2.89. The number of hydrogen-bond acceptors (Lipinski definition) is 1. The van der Waals surface area contributed by atoms with Crippen LogP contribution < -0.4 is 5.32 Å². The van der Waals surface area contributed by atoms with E-state index in [4.69, 9.17) is 0 Å². The first-order valence-electron chi connectivity index (χ1n) is 1.24. The number of nitrogens with one attached hydrogen (secondary N) is 1. The molecule has 28 valence electrons. The fraction of sp³-hybridized carbons (Fsp3) is 0.500. The topological polar surface area (TPSA) is 29.1 Å². The van der Waals surface area contributed by atoms with Crippen LogP contribution in [0.15, 0.2) is 0 Å². The summed E-state index contributed by atoms with van der Waals surface area (Å²) >= 11 is 0.674. The van der Waals surface area contributed by atoms with Crippen LogP contribution in [0.3, 0.4) is 0 Å². The van der Waals surface area contributed by atoms with Gasteiger partial charge in [0.1, 0.15) is 0 Å². The summed E-state index contributed by atoms with van der Waals surface area (Å²) < 4.78 is 0.135. The molecule has 5 heavy (non-hydrogen) atoms. The van der Waals surface area contributed by atoms with E-state index in [-0.39, 0.29) is 3.92 Å². The van der Waals surface area contributed by atoms with Crippen LogP contribution in [0.25, 0.3) is 0 Å². The molecule has 2 radical (unpaired) electrons. The molecule has 0 aromatic heterocycles. The fourth-order valence-electron chi connectivity index (χ4n) is 0. The Balaban J connectivity index is 2.85. The van der Waals surface area contributed by atoms with Gasteiger partial charge in [-0.1, -0.05) is 0 Å². The SMILES string of the molecule is CN[C](=O)[SnH]. The van der Waals surface area contributed by atoms with Gasteiger partial charge in [-0.25, -0.2) is 0 Å². The van der Waals surface area contributed by atoms with E-state index in [2.05, 4.69) is 5.32 Å². The van der Waals surface area contributed by atoms with Crippen molar-refractivity contribution in [3.8, 4) is 0 Å². The summed E-state index contributed by atoms with van der Waals surface area (Å²) in [5.41, 5.74) is 0. The zero-order valence-electron chi connectivity index (χ0n) is 2.99. The molecule has 0 aliphatic rings. The molecular formula is C2H5NOSn. The number of hydrogen-bond donors (Lipinski definition) is 1. The fourth-order valence-corrected chi connectivity index (χ4v) is 0. The predicted octanol–water partition coefficient (Wildman–Crippen LogP) is -0.773. The van der Waals surface area contributed by atoms with Crippen LogP contribution in [0.5, 0.6) is 0 Å². The number of rotatable bonds is 0. The van der Waals surface area contributed by atoms with E-state index in [1.807, 2.05) is 0 Å². The van der Waals surface area contributed by atoms with Crippen molar-refractivity contribution in [2.24, 2.45) is 0 Å². The van der Waals surface area contributed by atoms with Gasteiger partial charge in [-0.05, 0) is 0 Å². The van der Waals surface area contributed by atoms with Crippen molar-refractivity contribution < 1.29 is 4.79 Å². The van der Waals surface area contributed by atoms with Crippen molar-refractivity contribution in [1.29, 1.82) is 0 Å². The second-order valence-corrected chi connectivity index (χ2v) is 2.11. The summed E-state index contributed by atoms with van der Waals surface area (Å²) in [6.07, 6.45) is 0. The van der Waals surface area contributed by atoms with Crippen LogP contribution in [0.2, 0.25) is 0 Å². The van der Waals surface area contributed by atoms with Crippen molar-refractivity contribution in [2.75, 3.05) is 7.05 Å². The number of amides is 1. The molecule has 0 saturated carbocycles. The average molecular weight is 178 g/mol. The molecule has 2 nitrogen and oxygen atoms in total. The third-order valence-electron chi connectivity index (χ3n) is 0.246. The molecule has 0 aliphatic heterocycles. The van der Waals surface area contributed by atoms with Crippen molar-refractivity contribution in [3.05, 3.63) is 0 Å². The van der Waals surface area contributed by atoms with Crippen molar-refractivity contribution in [3.63, 3.8) is 0 Å². The summed E-state index contributed by atoms with van der Waals surface area (Å²) in [4.78, 5) is 9.76. The molecule has 0 atom stereocenters. The Kier molecular flexibility index (Phi) is 2.64. The average Bonchev–Trinajstić information content (AvgIpc) is 1.38. The summed E-state index contributed by atoms with van der Waals surface area (Å²) in [5.74, 6) is 0. The summed E-state index contributed by atoms with van der Waals surface area (Å²) in [6, 6.07) is 0. The quantitative estimate of drug-likeness (QED) is 0.484. The van der Waals surface area contributed by atoms with E-state index < -0.39 is 0 Å². The molecule has 0 spiro atoms. The van der Waals surface area contributed by atoms with E-state index in [1.165, 1.54) is 0 Å². The number of carbonyl (C=O) groups is 1. The van der Waals surface area contributed by atoms with E-state index in [1.54, 1.807) is 7.05 Å². The van der Waals surface area contributed by atoms with Crippen LogP contribution in [-0.4, -0.2) is 33.5 Å². The standard InChI is InChI=1S/C2H4NO.Sn.H/c1-3-2-4;;/h1H3,(H,3,4);;. The van der Waals surface area contributed by atoms with Gasteiger partial charge in [0.05, 0.1) is 0 Å². The molecule has 0 rings (SSSR count). The Labute approximate surface area is 44.0 Å². The molecule has 1 amide bonds. The van der Waals surface area contributed by atoms with Gasteiger partial charge in [0.15, 0.2) is 0 Å². The van der Waals surface area contributed by atoms with Gasteiger partial charge in [-0.3, -0.25) is 0 Å². The summed E-state index contributed by atoms with van der Waals surface area (Å²) in [5, 5.41) is 2.45. The van der Waals surface area contributed by atoms with Crippen molar-refractivity contribution >= 4 is 26.4 Å². The Bertz CT molecular complexity index is 44.9. The van der Waals surface area contributed by atoms with Crippen LogP contribution in [0.1, 0.15) is 0 Å². The molecule has 0 saturated heterocycles. The molecule has 0 heterocycles. The van der Waals surface area contributed by atoms with Gasteiger partial charge < -0.3 is 0 Å². The maximum atomic E-state index is 9.76. The summed E-state index contributed by atoms with van der Waals surface area (Å²) in [6.45, 7) is 0. The predicted molar refractivity (Wildman–Crippen MR) is 21.6 cm³/mol. The minimum absolute atomic E-state index is 0.135. The van der Waals surface area contributed by atoms with Gasteiger partial charge in [-0.2, -0.15) is 0 Å². The molecule has 0 bridgehead atoms. The van der Waals surface area contributed by atoms with Gasteiger partial charge >= 0.3 is 43.6 Å². The van der Waals surface area contributed by atoms with Crippen molar-refractivity contribution in [2.45, 2.75) is 0 Å². The number of carbonyl (C=O) groups excluding carboxylic acids is 1. The third-order valence-corrected chi connectivity index (χ3v) is 1.07. The minimum atomic E-state index is 0.135. The first-order chi connectivity index (χ1) is 2.27. The first kappa shape index (κ1) is 5.27. The van der Waals surface area contributed by atoms with Gasteiger partial charge in [0.2, 0.25) is 0 Å². The molecule has 0 aromatic rings. The van der Waals surface area contributed by atoms with E-state index >= 15 is 0 Å². The molecule has 0 aromatic carbocycles. The molecular weight excluding hydrogens is 173 g/mol. The normalized spacial score (nSPS) is 6.80. The summed E-state index contributed by atoms with van der Waals surface area (Å²) in [7, 11) is 1.63. The second kappa shape index (κ2) is 2.50. The molecule has 1 N–H and O–H groups in total. The Hall–Kier alpha value is 0.269. The molecule has 0 fully saturated rings. The zero-order valence-corrected chi connectivity index (χ0v) is 6.28. The van der Waals surface area contributed by atoms with E-state index in [9.17, 15) is 4.79 Å². The Morgan fingerprint density at radius 3 is 2.20 bits per heavy atom. The van der Waals surface area contributed by atoms with Crippen LogP contribution in [0.4, 0.5) is 4.79 Å². The zero-order chi connectivity index (χ0) is 4.28. The van der Waals surface area contributed by atoms with E-state index in [0.717, 1.165) is 0 Å². The molecule has 3 heteroatoms. The Morgan fingerprint density at radius 2 is 2.20 bits per heavy atom. The van der Waals surface area contributed by atoms with Gasteiger partial charge in [-0.15, -0.1) is 0 Å². The molecule has 0 aliphatic carbocycles.